The molecule has 0 aliphatic carbocycles. The molecule has 2 aliphatic rings. The van der Waals surface area contributed by atoms with E-state index in [9.17, 15) is 9.59 Å². The topological polar surface area (TPSA) is 49.9 Å². The smallest absolute Gasteiger partial charge is 0.310 e. The maximum absolute atomic E-state index is 11.7. The minimum absolute atomic E-state index is 0.0830. The Bertz CT molecular complexity index is 300. The van der Waals surface area contributed by atoms with E-state index in [0.717, 1.165) is 26.2 Å². The van der Waals surface area contributed by atoms with Crippen LogP contribution in [0.5, 0.6) is 0 Å². The fraction of sp³-hybridized carbons (Fsp3) is 0.833. The van der Waals surface area contributed by atoms with Gasteiger partial charge in [0.2, 0.25) is 5.91 Å². The number of nitrogens with zero attached hydrogens (tertiary/aromatic N) is 2. The third kappa shape index (κ3) is 2.97. The van der Waals surface area contributed by atoms with Gasteiger partial charge in [0.15, 0.2) is 0 Å². The van der Waals surface area contributed by atoms with E-state index in [1.54, 1.807) is 4.90 Å². The molecule has 0 bridgehead atoms. The zero-order valence-electron chi connectivity index (χ0n) is 10.4. The molecule has 1 amide bonds. The molecule has 2 rings (SSSR count). The lowest BCUT2D eigenvalue weighted by atomic mass is 10.1. The van der Waals surface area contributed by atoms with Crippen LogP contribution in [0, 0.1) is 5.92 Å². The molecule has 5 nitrogen and oxygen atoms in total. The number of rotatable bonds is 4. The molecule has 1 atom stereocenters. The molecule has 2 saturated heterocycles. The summed E-state index contributed by atoms with van der Waals surface area (Å²) >= 11 is 0. The Morgan fingerprint density at radius 1 is 1.35 bits per heavy atom. The average Bonchev–Trinajstić information content (AvgIpc) is 2.95. The van der Waals surface area contributed by atoms with Crippen LogP contribution in [-0.2, 0) is 14.3 Å². The van der Waals surface area contributed by atoms with Crippen molar-refractivity contribution in [3.8, 4) is 0 Å². The highest BCUT2D eigenvalue weighted by molar-refractivity contribution is 5.86. The summed E-state index contributed by atoms with van der Waals surface area (Å²) in [6, 6.07) is 0. The number of carbonyl (C=O) groups is 2. The van der Waals surface area contributed by atoms with Crippen molar-refractivity contribution in [3.05, 3.63) is 0 Å². The molecule has 0 aromatic rings. The highest BCUT2D eigenvalue weighted by atomic mass is 16.5. The molecule has 0 N–H and O–H groups in total. The molecule has 5 heteroatoms. The number of hydrogen-bond donors (Lipinski definition) is 0. The molecule has 0 aromatic heterocycles. The van der Waals surface area contributed by atoms with Gasteiger partial charge in [-0.3, -0.25) is 9.59 Å². The van der Waals surface area contributed by atoms with E-state index in [0.29, 0.717) is 13.0 Å². The van der Waals surface area contributed by atoms with Crippen LogP contribution in [0.3, 0.4) is 0 Å². The molecule has 1 unspecified atom stereocenters. The van der Waals surface area contributed by atoms with Gasteiger partial charge < -0.3 is 14.5 Å². The maximum atomic E-state index is 11.7. The molecule has 0 radical (unpaired) electrons. The van der Waals surface area contributed by atoms with E-state index in [4.69, 9.17) is 0 Å². The number of amides is 1. The Morgan fingerprint density at radius 2 is 2.06 bits per heavy atom. The van der Waals surface area contributed by atoms with E-state index in [2.05, 4.69) is 9.64 Å². The number of ether oxygens (including phenoxy) is 1. The van der Waals surface area contributed by atoms with E-state index < -0.39 is 0 Å². The Balaban J connectivity index is 1.77. The number of esters is 1. The molecular formula is C12H20N2O3. The number of hydrogen-bond acceptors (Lipinski definition) is 4. The second-order valence-corrected chi connectivity index (χ2v) is 4.81. The van der Waals surface area contributed by atoms with Crippen LogP contribution < -0.4 is 0 Å². The van der Waals surface area contributed by atoms with Crippen LogP contribution in [0.4, 0.5) is 0 Å². The molecule has 0 spiro atoms. The Morgan fingerprint density at radius 3 is 2.71 bits per heavy atom. The monoisotopic (exact) mass is 240 g/mol. The molecule has 2 fully saturated rings. The highest BCUT2D eigenvalue weighted by Gasteiger charge is 2.34. The van der Waals surface area contributed by atoms with E-state index in [-0.39, 0.29) is 17.8 Å². The van der Waals surface area contributed by atoms with Gasteiger partial charge >= 0.3 is 5.97 Å². The zero-order valence-corrected chi connectivity index (χ0v) is 10.4. The lowest BCUT2D eigenvalue weighted by Gasteiger charge is -2.21. The van der Waals surface area contributed by atoms with Gasteiger partial charge in [-0.2, -0.15) is 0 Å². The van der Waals surface area contributed by atoms with Gasteiger partial charge in [-0.05, 0) is 25.9 Å². The Labute approximate surface area is 102 Å². The average molecular weight is 240 g/mol. The molecular weight excluding hydrogens is 220 g/mol. The minimum Gasteiger partial charge on any atom is -0.469 e. The molecule has 2 aliphatic heterocycles. The van der Waals surface area contributed by atoms with Crippen molar-refractivity contribution < 1.29 is 14.3 Å². The van der Waals surface area contributed by atoms with Gasteiger partial charge in [-0.15, -0.1) is 0 Å². The third-order valence-corrected chi connectivity index (χ3v) is 3.63. The van der Waals surface area contributed by atoms with Crippen LogP contribution in [0.1, 0.15) is 19.3 Å². The highest BCUT2D eigenvalue weighted by Crippen LogP contribution is 2.19. The predicted molar refractivity (Wildman–Crippen MR) is 62.4 cm³/mol. The fourth-order valence-electron chi connectivity index (χ4n) is 2.58. The van der Waals surface area contributed by atoms with Gasteiger partial charge in [0, 0.05) is 26.1 Å². The van der Waals surface area contributed by atoms with Crippen LogP contribution in [0.2, 0.25) is 0 Å². The van der Waals surface area contributed by atoms with Gasteiger partial charge in [0.1, 0.15) is 0 Å². The van der Waals surface area contributed by atoms with Crippen molar-refractivity contribution in [1.29, 1.82) is 0 Å². The van der Waals surface area contributed by atoms with Gasteiger partial charge in [0.25, 0.3) is 0 Å². The lowest BCUT2D eigenvalue weighted by Crippen LogP contribution is -2.35. The van der Waals surface area contributed by atoms with Crippen LogP contribution in [-0.4, -0.2) is 61.5 Å². The molecule has 17 heavy (non-hydrogen) atoms. The summed E-state index contributed by atoms with van der Waals surface area (Å²) in [5.41, 5.74) is 0. The number of carbonyl (C=O) groups excluding carboxylic acids is 2. The standard InChI is InChI=1S/C12H20N2O3/c1-17-12(16)10-8-11(15)14(9-10)7-6-13-4-2-3-5-13/h10H,2-9H2,1H3. The van der Waals surface area contributed by atoms with Crippen LogP contribution in [0.15, 0.2) is 0 Å². The zero-order chi connectivity index (χ0) is 12.3. The summed E-state index contributed by atoms with van der Waals surface area (Å²) in [7, 11) is 1.37. The van der Waals surface area contributed by atoms with Crippen molar-refractivity contribution in [2.24, 2.45) is 5.92 Å². The van der Waals surface area contributed by atoms with Gasteiger partial charge in [0.05, 0.1) is 13.0 Å². The molecule has 0 saturated carbocycles. The lowest BCUT2D eigenvalue weighted by molar-refractivity contribution is -0.145. The third-order valence-electron chi connectivity index (χ3n) is 3.63. The van der Waals surface area contributed by atoms with Crippen molar-refractivity contribution in [2.45, 2.75) is 19.3 Å². The van der Waals surface area contributed by atoms with E-state index in [1.807, 2.05) is 0 Å². The first-order valence-corrected chi connectivity index (χ1v) is 6.28. The summed E-state index contributed by atoms with van der Waals surface area (Å²) in [4.78, 5) is 27.2. The Hall–Kier alpha value is -1.10. The predicted octanol–water partition coefficient (Wildman–Crippen LogP) is 0.104. The van der Waals surface area contributed by atoms with Crippen molar-refractivity contribution in [3.63, 3.8) is 0 Å². The van der Waals surface area contributed by atoms with Crippen LogP contribution >= 0.6 is 0 Å². The minimum atomic E-state index is -0.262. The fourth-order valence-corrected chi connectivity index (χ4v) is 2.58. The summed E-state index contributed by atoms with van der Waals surface area (Å²) in [6.07, 6.45) is 2.84. The summed E-state index contributed by atoms with van der Waals surface area (Å²) in [5.74, 6) is -0.437. The van der Waals surface area contributed by atoms with Crippen LogP contribution in [0.25, 0.3) is 0 Å². The molecule has 96 valence electrons. The quantitative estimate of drug-likeness (QED) is 0.654. The second-order valence-electron chi connectivity index (χ2n) is 4.81. The summed E-state index contributed by atoms with van der Waals surface area (Å²) < 4.78 is 4.68. The van der Waals surface area contributed by atoms with Crippen molar-refractivity contribution in [2.75, 3.05) is 39.8 Å². The van der Waals surface area contributed by atoms with Crippen molar-refractivity contribution >= 4 is 11.9 Å². The number of likely N-dealkylation sites (tertiary alicyclic amines) is 2. The first-order valence-electron chi connectivity index (χ1n) is 6.28. The van der Waals surface area contributed by atoms with Gasteiger partial charge in [-0.25, -0.2) is 0 Å². The molecule has 0 aromatic carbocycles. The molecule has 2 heterocycles. The normalized spacial score (nSPS) is 25.6. The second kappa shape index (κ2) is 5.49. The first-order chi connectivity index (χ1) is 8.20. The first kappa shape index (κ1) is 12.4. The van der Waals surface area contributed by atoms with E-state index >= 15 is 0 Å². The Kier molecular flexibility index (Phi) is 3.99. The van der Waals surface area contributed by atoms with Crippen molar-refractivity contribution in [1.82, 2.24) is 9.80 Å². The largest absolute Gasteiger partial charge is 0.469 e. The summed E-state index contributed by atoms with van der Waals surface area (Å²) in [5, 5.41) is 0. The van der Waals surface area contributed by atoms with E-state index in [1.165, 1.54) is 20.0 Å². The van der Waals surface area contributed by atoms with Gasteiger partial charge in [-0.1, -0.05) is 0 Å². The number of methoxy groups -OCH3 is 1. The maximum Gasteiger partial charge on any atom is 0.310 e. The summed E-state index contributed by atoms with van der Waals surface area (Å²) in [6.45, 7) is 4.48. The SMILES string of the molecule is COC(=O)C1CC(=O)N(CCN2CCCC2)C1.